The van der Waals surface area contributed by atoms with Gasteiger partial charge < -0.3 is 50.0 Å². The van der Waals surface area contributed by atoms with Gasteiger partial charge in [-0.1, -0.05) is 0 Å². The first-order valence-corrected chi connectivity index (χ1v) is 6.25. The van der Waals surface area contributed by atoms with Crippen LogP contribution in [-0.2, 0) is 14.3 Å². The maximum atomic E-state index is 10.9. The van der Waals surface area contributed by atoms with Crippen LogP contribution in [0.15, 0.2) is 0 Å². The number of rotatable bonds is 7. The van der Waals surface area contributed by atoms with Gasteiger partial charge in [0, 0.05) is 0 Å². The van der Waals surface area contributed by atoms with Gasteiger partial charge in [-0.2, -0.15) is 0 Å². The summed E-state index contributed by atoms with van der Waals surface area (Å²) in [5, 5.41) is 65.3. The Morgan fingerprint density at radius 3 is 2.19 bits per heavy atom. The van der Waals surface area contributed by atoms with Gasteiger partial charge in [-0.25, -0.2) is 0 Å². The summed E-state index contributed by atoms with van der Waals surface area (Å²) >= 11 is 0. The monoisotopic (exact) mass is 312 g/mol. The van der Waals surface area contributed by atoms with E-state index in [4.69, 9.17) is 19.7 Å². The first kappa shape index (κ1) is 18.4. The van der Waals surface area contributed by atoms with Gasteiger partial charge in [0.1, 0.15) is 42.7 Å². The van der Waals surface area contributed by atoms with E-state index in [0.29, 0.717) is 0 Å². The van der Waals surface area contributed by atoms with Crippen molar-refractivity contribution in [2.45, 2.75) is 49.0 Å². The minimum Gasteiger partial charge on any atom is -0.394 e. The van der Waals surface area contributed by atoms with Crippen LogP contribution in [0.3, 0.4) is 0 Å². The molecule has 0 amide bonds. The minimum atomic E-state index is -1.79. The lowest BCUT2D eigenvalue weighted by Crippen LogP contribution is -2.60. The van der Waals surface area contributed by atoms with Crippen molar-refractivity contribution in [3.8, 4) is 0 Å². The normalized spacial score (nSPS) is 37.8. The second-order valence-electron chi connectivity index (χ2n) is 4.67. The van der Waals surface area contributed by atoms with E-state index in [1.54, 1.807) is 0 Å². The topological polar surface area (TPSA) is 177 Å². The van der Waals surface area contributed by atoms with Crippen LogP contribution in [-0.4, -0.2) is 104 Å². The smallest absolute Gasteiger partial charge is 0.187 e. The van der Waals surface area contributed by atoms with Gasteiger partial charge in [-0.05, 0) is 0 Å². The molecule has 0 bridgehead atoms. The molecule has 8 unspecified atom stereocenters. The Bertz CT molecular complexity index is 324. The Morgan fingerprint density at radius 1 is 1.10 bits per heavy atom. The molecule has 0 aromatic carbocycles. The molecule has 10 nitrogen and oxygen atoms in total. The molecule has 0 saturated carbocycles. The number of aldehydes is 1. The van der Waals surface area contributed by atoms with Crippen LogP contribution in [0.2, 0.25) is 0 Å². The molecule has 7 N–H and O–H groups in total. The fourth-order valence-electron chi connectivity index (χ4n) is 1.85. The second kappa shape index (κ2) is 8.08. The SMILES string of the molecule is O=CC(OC1OC(CO)C(O)C(O)C1O)C(O)C(O)CO. The Balaban J connectivity index is 2.76. The van der Waals surface area contributed by atoms with Crippen molar-refractivity contribution in [3.05, 3.63) is 0 Å². The summed E-state index contributed by atoms with van der Waals surface area (Å²) in [5.74, 6) is 0. The molecule has 1 heterocycles. The third-order valence-electron chi connectivity index (χ3n) is 3.19. The summed E-state index contributed by atoms with van der Waals surface area (Å²) in [4.78, 5) is 10.9. The molecule has 124 valence electrons. The highest BCUT2D eigenvalue weighted by molar-refractivity contribution is 5.57. The molecule has 0 spiro atoms. The van der Waals surface area contributed by atoms with Crippen LogP contribution in [0.4, 0.5) is 0 Å². The van der Waals surface area contributed by atoms with E-state index in [2.05, 4.69) is 0 Å². The molecular weight excluding hydrogens is 292 g/mol. The molecule has 1 rings (SSSR count). The van der Waals surface area contributed by atoms with Crippen molar-refractivity contribution in [2.75, 3.05) is 13.2 Å². The lowest BCUT2D eigenvalue weighted by Gasteiger charge is -2.40. The van der Waals surface area contributed by atoms with E-state index in [-0.39, 0.29) is 6.29 Å². The van der Waals surface area contributed by atoms with Gasteiger partial charge >= 0.3 is 0 Å². The number of hydrogen-bond acceptors (Lipinski definition) is 10. The molecule has 1 fully saturated rings. The molecule has 10 heteroatoms. The Labute approximate surface area is 119 Å². The average molecular weight is 312 g/mol. The predicted octanol–water partition coefficient (Wildman–Crippen LogP) is -4.92. The molecule has 0 aromatic heterocycles. The minimum absolute atomic E-state index is 0.116. The summed E-state index contributed by atoms with van der Waals surface area (Å²) in [7, 11) is 0. The Hall–Kier alpha value is -0.690. The fourth-order valence-corrected chi connectivity index (χ4v) is 1.85. The highest BCUT2D eigenvalue weighted by atomic mass is 16.7. The van der Waals surface area contributed by atoms with Crippen molar-refractivity contribution in [2.24, 2.45) is 0 Å². The van der Waals surface area contributed by atoms with Crippen molar-refractivity contribution >= 4 is 6.29 Å². The van der Waals surface area contributed by atoms with E-state index in [1.807, 2.05) is 0 Å². The number of carbonyl (C=O) groups excluding carboxylic acids is 1. The second-order valence-corrected chi connectivity index (χ2v) is 4.67. The quantitative estimate of drug-likeness (QED) is 0.225. The zero-order valence-electron chi connectivity index (χ0n) is 11.0. The van der Waals surface area contributed by atoms with Crippen molar-refractivity contribution < 1.29 is 50.0 Å². The molecule has 1 saturated heterocycles. The summed E-state index contributed by atoms with van der Waals surface area (Å²) in [6, 6.07) is 0. The van der Waals surface area contributed by atoms with E-state index < -0.39 is 62.2 Å². The molecule has 0 aromatic rings. The van der Waals surface area contributed by atoms with Gasteiger partial charge in [-0.15, -0.1) is 0 Å². The van der Waals surface area contributed by atoms with E-state index >= 15 is 0 Å². The highest BCUT2D eigenvalue weighted by Gasteiger charge is 2.45. The van der Waals surface area contributed by atoms with Crippen LogP contribution < -0.4 is 0 Å². The molecule has 8 atom stereocenters. The number of hydrogen-bond donors (Lipinski definition) is 7. The molecule has 1 aliphatic rings. The highest BCUT2D eigenvalue weighted by Crippen LogP contribution is 2.23. The van der Waals surface area contributed by atoms with Crippen LogP contribution in [0.1, 0.15) is 0 Å². The predicted molar refractivity (Wildman–Crippen MR) is 63.8 cm³/mol. The number of aliphatic hydroxyl groups is 7. The Kier molecular flexibility index (Phi) is 7.06. The van der Waals surface area contributed by atoms with Crippen LogP contribution in [0.5, 0.6) is 0 Å². The zero-order valence-corrected chi connectivity index (χ0v) is 11.0. The summed E-state index contributed by atoms with van der Waals surface area (Å²) in [6.07, 6.45) is -12.9. The van der Waals surface area contributed by atoms with Crippen molar-refractivity contribution in [1.82, 2.24) is 0 Å². The van der Waals surface area contributed by atoms with E-state index in [0.717, 1.165) is 0 Å². The third-order valence-corrected chi connectivity index (χ3v) is 3.19. The lowest BCUT2D eigenvalue weighted by atomic mass is 9.99. The molecular formula is C11H20O10. The zero-order chi connectivity index (χ0) is 16.2. The summed E-state index contributed by atoms with van der Waals surface area (Å²) < 4.78 is 9.92. The molecule has 21 heavy (non-hydrogen) atoms. The summed E-state index contributed by atoms with van der Waals surface area (Å²) in [5.41, 5.74) is 0. The van der Waals surface area contributed by atoms with Gasteiger partial charge in [0.05, 0.1) is 13.2 Å². The number of aliphatic hydroxyl groups excluding tert-OH is 7. The first-order valence-electron chi connectivity index (χ1n) is 6.25. The van der Waals surface area contributed by atoms with Crippen molar-refractivity contribution in [1.29, 1.82) is 0 Å². The van der Waals surface area contributed by atoms with E-state index in [9.17, 15) is 30.3 Å². The van der Waals surface area contributed by atoms with Crippen molar-refractivity contribution in [3.63, 3.8) is 0 Å². The summed E-state index contributed by atoms with van der Waals surface area (Å²) in [6.45, 7) is -1.51. The molecule has 1 aliphatic heterocycles. The van der Waals surface area contributed by atoms with Gasteiger partial charge in [0.2, 0.25) is 0 Å². The lowest BCUT2D eigenvalue weighted by molar-refractivity contribution is -0.314. The van der Waals surface area contributed by atoms with Gasteiger partial charge in [0.25, 0.3) is 0 Å². The number of carbonyl (C=O) groups is 1. The maximum Gasteiger partial charge on any atom is 0.187 e. The fraction of sp³-hybridized carbons (Fsp3) is 0.909. The van der Waals surface area contributed by atoms with Gasteiger partial charge in [-0.3, -0.25) is 0 Å². The largest absolute Gasteiger partial charge is 0.394 e. The standard InChI is InChI=1S/C11H20O10/c12-1-4(15)7(16)5(2-13)20-11-10(19)9(18)8(17)6(3-14)21-11/h2,4-12,14-19H,1,3H2. The maximum absolute atomic E-state index is 10.9. The van der Waals surface area contributed by atoms with Crippen LogP contribution in [0, 0.1) is 0 Å². The molecule has 0 aliphatic carbocycles. The average Bonchev–Trinajstić information content (AvgIpc) is 2.50. The Morgan fingerprint density at radius 2 is 1.71 bits per heavy atom. The van der Waals surface area contributed by atoms with Crippen LogP contribution in [0.25, 0.3) is 0 Å². The first-order chi connectivity index (χ1) is 9.87. The van der Waals surface area contributed by atoms with Gasteiger partial charge in [0.15, 0.2) is 12.6 Å². The van der Waals surface area contributed by atoms with Crippen LogP contribution >= 0.6 is 0 Å². The number of ether oxygens (including phenoxy) is 2. The third kappa shape index (κ3) is 4.16. The molecule has 0 radical (unpaired) electrons. The van der Waals surface area contributed by atoms with E-state index in [1.165, 1.54) is 0 Å².